The number of ether oxygens (including phenoxy) is 2. The van der Waals surface area contributed by atoms with E-state index in [0.717, 1.165) is 38.9 Å². The molecule has 0 fully saturated rings. The van der Waals surface area contributed by atoms with Crippen LogP contribution in [0.1, 0.15) is 16.1 Å². The molecule has 0 radical (unpaired) electrons. The Morgan fingerprint density at radius 3 is 2.65 bits per heavy atom. The summed E-state index contributed by atoms with van der Waals surface area (Å²) in [4.78, 5) is 19.9. The van der Waals surface area contributed by atoms with E-state index in [0.29, 0.717) is 11.3 Å². The number of hydrogen-bond donors (Lipinski definition) is 1. The van der Waals surface area contributed by atoms with E-state index in [1.165, 1.54) is 14.2 Å². The fourth-order valence-electron chi connectivity index (χ4n) is 3.22. The van der Waals surface area contributed by atoms with E-state index in [-0.39, 0.29) is 0 Å². The minimum Gasteiger partial charge on any atom is -0.496 e. The first kappa shape index (κ1) is 16.1. The van der Waals surface area contributed by atoms with E-state index in [4.69, 9.17) is 9.47 Å². The SMILES string of the molecule is COC(=O)c1cc2[nH]c3cc(-c4c(C)nnn4C)cnc3c2cc1OC. The van der Waals surface area contributed by atoms with Crippen molar-refractivity contribution in [2.45, 2.75) is 6.92 Å². The van der Waals surface area contributed by atoms with Crippen LogP contribution in [0.4, 0.5) is 0 Å². The van der Waals surface area contributed by atoms with Crippen molar-refractivity contribution in [3.63, 3.8) is 0 Å². The van der Waals surface area contributed by atoms with Gasteiger partial charge in [-0.3, -0.25) is 4.98 Å². The van der Waals surface area contributed by atoms with Crippen molar-refractivity contribution in [2.24, 2.45) is 7.05 Å². The summed E-state index contributed by atoms with van der Waals surface area (Å²) in [5, 5.41) is 9.00. The van der Waals surface area contributed by atoms with Crippen LogP contribution < -0.4 is 4.74 Å². The van der Waals surface area contributed by atoms with Crippen LogP contribution in [-0.4, -0.2) is 45.2 Å². The molecule has 132 valence electrons. The fraction of sp³-hybridized carbons (Fsp3) is 0.222. The van der Waals surface area contributed by atoms with Crippen LogP contribution in [0.15, 0.2) is 24.4 Å². The normalized spacial score (nSPS) is 11.2. The maximum atomic E-state index is 12.0. The molecule has 8 heteroatoms. The predicted octanol–water partition coefficient (Wildman–Crippen LogP) is 2.62. The van der Waals surface area contributed by atoms with Gasteiger partial charge in [0.1, 0.15) is 11.3 Å². The molecule has 0 saturated carbocycles. The number of fused-ring (bicyclic) bond motifs is 3. The third kappa shape index (κ3) is 2.30. The Morgan fingerprint density at radius 2 is 2.00 bits per heavy atom. The van der Waals surface area contributed by atoms with Crippen molar-refractivity contribution < 1.29 is 14.3 Å². The summed E-state index contributed by atoms with van der Waals surface area (Å²) in [6.07, 6.45) is 1.79. The summed E-state index contributed by atoms with van der Waals surface area (Å²) < 4.78 is 11.9. The van der Waals surface area contributed by atoms with Crippen molar-refractivity contribution >= 4 is 27.9 Å². The van der Waals surface area contributed by atoms with E-state index in [1.54, 1.807) is 23.0 Å². The molecule has 0 aliphatic heterocycles. The van der Waals surface area contributed by atoms with E-state index >= 15 is 0 Å². The van der Waals surface area contributed by atoms with Gasteiger partial charge in [-0.25, -0.2) is 9.48 Å². The molecule has 0 saturated heterocycles. The largest absolute Gasteiger partial charge is 0.496 e. The number of nitrogens with one attached hydrogen (secondary N) is 1. The van der Waals surface area contributed by atoms with Gasteiger partial charge in [-0.15, -0.1) is 5.10 Å². The minimum absolute atomic E-state index is 0.362. The summed E-state index contributed by atoms with van der Waals surface area (Å²) >= 11 is 0. The van der Waals surface area contributed by atoms with Crippen LogP contribution in [0.3, 0.4) is 0 Å². The third-order valence-corrected chi connectivity index (χ3v) is 4.43. The molecule has 0 bridgehead atoms. The molecule has 0 spiro atoms. The maximum absolute atomic E-state index is 12.0. The van der Waals surface area contributed by atoms with E-state index in [9.17, 15) is 4.79 Å². The maximum Gasteiger partial charge on any atom is 0.341 e. The summed E-state index contributed by atoms with van der Waals surface area (Å²) in [6.45, 7) is 1.91. The molecule has 4 aromatic rings. The van der Waals surface area contributed by atoms with Gasteiger partial charge in [0.25, 0.3) is 0 Å². The van der Waals surface area contributed by atoms with E-state index in [1.807, 2.05) is 20.0 Å². The molecular weight excluding hydrogens is 334 g/mol. The highest BCUT2D eigenvalue weighted by Crippen LogP contribution is 2.32. The van der Waals surface area contributed by atoms with Gasteiger partial charge in [0.15, 0.2) is 0 Å². The molecule has 8 nitrogen and oxygen atoms in total. The number of H-pyrrole nitrogens is 1. The molecular formula is C18H17N5O3. The average molecular weight is 351 g/mol. The first-order valence-electron chi connectivity index (χ1n) is 7.98. The highest BCUT2D eigenvalue weighted by atomic mass is 16.5. The lowest BCUT2D eigenvalue weighted by atomic mass is 10.1. The van der Waals surface area contributed by atoms with Gasteiger partial charge in [0, 0.05) is 29.7 Å². The number of methoxy groups -OCH3 is 2. The van der Waals surface area contributed by atoms with E-state index < -0.39 is 5.97 Å². The molecule has 3 aromatic heterocycles. The molecule has 3 heterocycles. The Bertz CT molecular complexity index is 1140. The molecule has 0 aliphatic carbocycles. The number of carbonyl (C=O) groups excluding carboxylic acids is 1. The zero-order valence-electron chi connectivity index (χ0n) is 14.8. The molecule has 1 N–H and O–H groups in total. The number of benzene rings is 1. The zero-order chi connectivity index (χ0) is 18.4. The van der Waals surface area contributed by atoms with Gasteiger partial charge in [-0.05, 0) is 25.1 Å². The Morgan fingerprint density at radius 1 is 1.19 bits per heavy atom. The van der Waals surface area contributed by atoms with Crippen molar-refractivity contribution in [3.8, 4) is 17.0 Å². The van der Waals surface area contributed by atoms with Gasteiger partial charge in [0.2, 0.25) is 0 Å². The Kier molecular flexibility index (Phi) is 3.61. The second kappa shape index (κ2) is 5.83. The molecule has 1 aromatic carbocycles. The van der Waals surface area contributed by atoms with Crippen LogP contribution >= 0.6 is 0 Å². The van der Waals surface area contributed by atoms with Gasteiger partial charge in [-0.2, -0.15) is 0 Å². The Hall–Kier alpha value is -3.42. The Balaban J connectivity index is 1.95. The zero-order valence-corrected chi connectivity index (χ0v) is 14.8. The average Bonchev–Trinajstić information content (AvgIpc) is 3.18. The lowest BCUT2D eigenvalue weighted by Crippen LogP contribution is -2.03. The second-order valence-corrected chi connectivity index (χ2v) is 5.98. The summed E-state index contributed by atoms with van der Waals surface area (Å²) in [6, 6.07) is 5.51. The number of hydrogen-bond acceptors (Lipinski definition) is 6. The van der Waals surface area contributed by atoms with Crippen LogP contribution in [0, 0.1) is 6.92 Å². The lowest BCUT2D eigenvalue weighted by molar-refractivity contribution is 0.0597. The molecule has 0 amide bonds. The number of aromatic amines is 1. The number of nitrogens with zero attached hydrogens (tertiary/aromatic N) is 4. The van der Waals surface area contributed by atoms with Gasteiger partial charge >= 0.3 is 5.97 Å². The van der Waals surface area contributed by atoms with E-state index in [2.05, 4.69) is 20.3 Å². The molecule has 0 aliphatic rings. The molecule has 26 heavy (non-hydrogen) atoms. The van der Waals surface area contributed by atoms with Gasteiger partial charge in [0.05, 0.1) is 36.6 Å². The smallest absolute Gasteiger partial charge is 0.341 e. The molecule has 0 atom stereocenters. The van der Waals surface area contributed by atoms with Gasteiger partial charge in [-0.1, -0.05) is 5.21 Å². The van der Waals surface area contributed by atoms with Crippen LogP contribution in [0.25, 0.3) is 33.2 Å². The Labute approximate surface area is 148 Å². The summed E-state index contributed by atoms with van der Waals surface area (Å²) in [7, 11) is 4.71. The van der Waals surface area contributed by atoms with Crippen molar-refractivity contribution in [2.75, 3.05) is 14.2 Å². The monoisotopic (exact) mass is 351 g/mol. The summed E-state index contributed by atoms with van der Waals surface area (Å²) in [5.41, 5.74) is 5.44. The number of carbonyl (C=O) groups is 1. The lowest BCUT2D eigenvalue weighted by Gasteiger charge is -2.06. The fourth-order valence-corrected chi connectivity index (χ4v) is 3.22. The molecule has 0 unspecified atom stereocenters. The standard InChI is InChI=1S/C18H17N5O3/c1-9-17(23(2)22-21-9)10-5-14-16(19-8-10)11-7-15(25-3)12(18(24)26-4)6-13(11)20-14/h5-8,20H,1-4H3. The summed E-state index contributed by atoms with van der Waals surface area (Å²) in [5.74, 6) is -0.00422. The second-order valence-electron chi connectivity index (χ2n) is 5.98. The number of rotatable bonds is 3. The van der Waals surface area contributed by atoms with Crippen LogP contribution in [0.2, 0.25) is 0 Å². The van der Waals surface area contributed by atoms with Crippen molar-refractivity contribution in [3.05, 3.63) is 35.7 Å². The van der Waals surface area contributed by atoms with Crippen molar-refractivity contribution in [1.29, 1.82) is 0 Å². The number of pyridine rings is 1. The van der Waals surface area contributed by atoms with Gasteiger partial charge < -0.3 is 14.5 Å². The van der Waals surface area contributed by atoms with Crippen LogP contribution in [-0.2, 0) is 11.8 Å². The highest BCUT2D eigenvalue weighted by Gasteiger charge is 2.18. The first-order chi connectivity index (χ1) is 12.5. The quantitative estimate of drug-likeness (QED) is 0.570. The minimum atomic E-state index is -0.451. The first-order valence-corrected chi connectivity index (χ1v) is 7.98. The third-order valence-electron chi connectivity index (χ3n) is 4.43. The topological polar surface area (TPSA) is 94.9 Å². The number of esters is 1. The number of aromatic nitrogens is 5. The van der Waals surface area contributed by atoms with Crippen LogP contribution in [0.5, 0.6) is 5.75 Å². The molecule has 4 rings (SSSR count). The highest BCUT2D eigenvalue weighted by molar-refractivity contribution is 6.09. The predicted molar refractivity (Wildman–Crippen MR) is 96.2 cm³/mol. The number of aryl methyl sites for hydroxylation is 2. The van der Waals surface area contributed by atoms with Crippen molar-refractivity contribution in [1.82, 2.24) is 25.0 Å².